The SMILES string of the molecule is Cc1ccc(NC(=O)CSCC(=O)Nc2ccc(F)c(-c3ncn[nH]3)c2)cc1. The molecule has 3 aromatic rings. The van der Waals surface area contributed by atoms with Gasteiger partial charge in [-0.25, -0.2) is 9.37 Å². The molecule has 0 spiro atoms. The van der Waals surface area contributed by atoms with E-state index < -0.39 is 5.82 Å². The summed E-state index contributed by atoms with van der Waals surface area (Å²) in [4.78, 5) is 27.9. The van der Waals surface area contributed by atoms with Crippen LogP contribution >= 0.6 is 11.8 Å². The largest absolute Gasteiger partial charge is 0.325 e. The summed E-state index contributed by atoms with van der Waals surface area (Å²) >= 11 is 1.19. The van der Waals surface area contributed by atoms with Gasteiger partial charge in [-0.15, -0.1) is 11.8 Å². The second-order valence-corrected chi connectivity index (χ2v) is 6.97. The van der Waals surface area contributed by atoms with Gasteiger partial charge in [0, 0.05) is 11.4 Å². The van der Waals surface area contributed by atoms with Crippen LogP contribution in [0.25, 0.3) is 11.4 Å². The number of anilines is 2. The number of aryl methyl sites for hydroxylation is 1. The maximum atomic E-state index is 13.9. The summed E-state index contributed by atoms with van der Waals surface area (Å²) in [5.74, 6) is -0.434. The Morgan fingerprint density at radius 2 is 1.68 bits per heavy atom. The van der Waals surface area contributed by atoms with E-state index in [1.165, 1.54) is 36.3 Å². The van der Waals surface area contributed by atoms with Crippen molar-refractivity contribution >= 4 is 35.0 Å². The average molecular weight is 399 g/mol. The minimum Gasteiger partial charge on any atom is -0.325 e. The van der Waals surface area contributed by atoms with E-state index in [-0.39, 0.29) is 34.7 Å². The van der Waals surface area contributed by atoms with Crippen LogP contribution in [0.2, 0.25) is 0 Å². The summed E-state index contributed by atoms with van der Waals surface area (Å²) in [6.07, 6.45) is 1.28. The number of carbonyl (C=O) groups excluding carboxylic acids is 2. The van der Waals surface area contributed by atoms with Crippen LogP contribution in [0.5, 0.6) is 0 Å². The van der Waals surface area contributed by atoms with E-state index in [0.717, 1.165) is 5.56 Å². The maximum absolute atomic E-state index is 13.9. The highest BCUT2D eigenvalue weighted by Crippen LogP contribution is 2.22. The first-order valence-electron chi connectivity index (χ1n) is 8.40. The van der Waals surface area contributed by atoms with E-state index in [1.54, 1.807) is 0 Å². The van der Waals surface area contributed by atoms with Gasteiger partial charge in [0.25, 0.3) is 0 Å². The Labute approximate surface area is 165 Å². The Bertz CT molecular complexity index is 961. The summed E-state index contributed by atoms with van der Waals surface area (Å²) in [6, 6.07) is 11.6. The van der Waals surface area contributed by atoms with Gasteiger partial charge in [-0.3, -0.25) is 14.7 Å². The first-order valence-corrected chi connectivity index (χ1v) is 9.56. The van der Waals surface area contributed by atoms with Crippen LogP contribution in [0.4, 0.5) is 15.8 Å². The highest BCUT2D eigenvalue weighted by atomic mass is 32.2. The fourth-order valence-corrected chi connectivity index (χ4v) is 3.00. The van der Waals surface area contributed by atoms with Crippen LogP contribution in [0.1, 0.15) is 5.56 Å². The number of thioether (sulfide) groups is 1. The molecular formula is C19H18FN5O2S. The molecule has 1 heterocycles. The fraction of sp³-hybridized carbons (Fsp3) is 0.158. The van der Waals surface area contributed by atoms with Gasteiger partial charge in [0.05, 0.1) is 17.1 Å². The van der Waals surface area contributed by atoms with E-state index in [0.29, 0.717) is 11.4 Å². The number of halogens is 1. The summed E-state index contributed by atoms with van der Waals surface area (Å²) < 4.78 is 13.9. The van der Waals surface area contributed by atoms with Crippen LogP contribution in [0, 0.1) is 12.7 Å². The first kappa shape index (κ1) is 19.6. The number of hydrogen-bond acceptors (Lipinski definition) is 5. The number of amides is 2. The molecule has 1 aromatic heterocycles. The molecule has 0 radical (unpaired) electrons. The fourth-order valence-electron chi connectivity index (χ4n) is 2.39. The van der Waals surface area contributed by atoms with Gasteiger partial charge >= 0.3 is 0 Å². The number of benzene rings is 2. The zero-order chi connectivity index (χ0) is 19.9. The summed E-state index contributed by atoms with van der Waals surface area (Å²) in [7, 11) is 0. The van der Waals surface area contributed by atoms with Crippen LogP contribution < -0.4 is 10.6 Å². The highest BCUT2D eigenvalue weighted by molar-refractivity contribution is 8.00. The lowest BCUT2D eigenvalue weighted by Gasteiger charge is -2.08. The molecule has 9 heteroatoms. The lowest BCUT2D eigenvalue weighted by molar-refractivity contribution is -0.114. The van der Waals surface area contributed by atoms with Crippen LogP contribution in [0.15, 0.2) is 48.8 Å². The molecule has 28 heavy (non-hydrogen) atoms. The van der Waals surface area contributed by atoms with Crippen molar-refractivity contribution < 1.29 is 14.0 Å². The molecule has 0 unspecified atom stereocenters. The molecule has 0 aliphatic rings. The molecule has 144 valence electrons. The number of nitrogens with one attached hydrogen (secondary N) is 3. The van der Waals surface area contributed by atoms with Crippen molar-refractivity contribution in [3.05, 3.63) is 60.2 Å². The van der Waals surface area contributed by atoms with Crippen molar-refractivity contribution in [2.75, 3.05) is 22.1 Å². The molecular weight excluding hydrogens is 381 g/mol. The molecule has 3 N–H and O–H groups in total. The van der Waals surface area contributed by atoms with Crippen molar-refractivity contribution in [1.29, 1.82) is 0 Å². The molecule has 0 atom stereocenters. The second-order valence-electron chi connectivity index (χ2n) is 5.98. The molecule has 0 fully saturated rings. The monoisotopic (exact) mass is 399 g/mol. The number of aromatic nitrogens is 3. The number of hydrogen-bond donors (Lipinski definition) is 3. The number of aromatic amines is 1. The van der Waals surface area contributed by atoms with Gasteiger partial charge in [-0.05, 0) is 37.3 Å². The van der Waals surface area contributed by atoms with E-state index in [4.69, 9.17) is 0 Å². The summed E-state index contributed by atoms with van der Waals surface area (Å²) in [5, 5.41) is 11.7. The lowest BCUT2D eigenvalue weighted by atomic mass is 10.1. The van der Waals surface area contributed by atoms with Crippen molar-refractivity contribution in [3.8, 4) is 11.4 Å². The zero-order valence-corrected chi connectivity index (χ0v) is 15.8. The van der Waals surface area contributed by atoms with E-state index in [9.17, 15) is 14.0 Å². The van der Waals surface area contributed by atoms with Crippen LogP contribution in [-0.4, -0.2) is 38.5 Å². The lowest BCUT2D eigenvalue weighted by Crippen LogP contribution is -2.18. The van der Waals surface area contributed by atoms with E-state index in [1.807, 2.05) is 31.2 Å². The molecule has 3 rings (SSSR count). The third-order valence-corrected chi connectivity index (χ3v) is 4.65. The number of H-pyrrole nitrogens is 1. The number of carbonyl (C=O) groups is 2. The van der Waals surface area contributed by atoms with E-state index in [2.05, 4.69) is 25.8 Å². The minimum absolute atomic E-state index is 0.0936. The third kappa shape index (κ3) is 5.40. The summed E-state index contributed by atoms with van der Waals surface area (Å²) in [5.41, 5.74) is 2.46. The van der Waals surface area contributed by atoms with Crippen molar-refractivity contribution in [2.24, 2.45) is 0 Å². The Morgan fingerprint density at radius 3 is 2.32 bits per heavy atom. The van der Waals surface area contributed by atoms with Crippen molar-refractivity contribution in [2.45, 2.75) is 6.92 Å². The standard InChI is InChI=1S/C19H18FN5O2S/c1-12-2-4-13(5-3-12)23-17(26)9-28-10-18(27)24-14-6-7-16(20)15(8-14)19-21-11-22-25-19/h2-8,11H,9-10H2,1H3,(H,23,26)(H,24,27)(H,21,22,25). The highest BCUT2D eigenvalue weighted by Gasteiger charge is 2.11. The molecule has 0 aliphatic heterocycles. The topological polar surface area (TPSA) is 99.8 Å². The molecule has 0 saturated heterocycles. The summed E-state index contributed by atoms with van der Waals surface area (Å²) in [6.45, 7) is 1.97. The first-order chi connectivity index (χ1) is 13.5. The molecule has 0 bridgehead atoms. The Balaban J connectivity index is 1.47. The Morgan fingerprint density at radius 1 is 1.04 bits per heavy atom. The van der Waals surface area contributed by atoms with Gasteiger partial charge in [0.1, 0.15) is 12.1 Å². The molecule has 0 saturated carbocycles. The van der Waals surface area contributed by atoms with Gasteiger partial charge in [0.15, 0.2) is 5.82 Å². The molecule has 0 aliphatic carbocycles. The van der Waals surface area contributed by atoms with Crippen molar-refractivity contribution in [1.82, 2.24) is 15.2 Å². The third-order valence-electron chi connectivity index (χ3n) is 3.72. The van der Waals surface area contributed by atoms with Crippen molar-refractivity contribution in [3.63, 3.8) is 0 Å². The van der Waals surface area contributed by atoms with Gasteiger partial charge in [-0.1, -0.05) is 17.7 Å². The Hall–Kier alpha value is -3.20. The molecule has 2 aromatic carbocycles. The van der Waals surface area contributed by atoms with Gasteiger partial charge < -0.3 is 10.6 Å². The second kappa shape index (κ2) is 9.14. The Kier molecular flexibility index (Phi) is 6.38. The minimum atomic E-state index is -0.475. The van der Waals surface area contributed by atoms with Crippen LogP contribution in [0.3, 0.4) is 0 Å². The zero-order valence-electron chi connectivity index (χ0n) is 15.0. The predicted molar refractivity (Wildman–Crippen MR) is 108 cm³/mol. The maximum Gasteiger partial charge on any atom is 0.234 e. The number of rotatable bonds is 7. The van der Waals surface area contributed by atoms with Gasteiger partial charge in [0.2, 0.25) is 11.8 Å². The number of nitrogens with zero attached hydrogens (tertiary/aromatic N) is 2. The normalized spacial score (nSPS) is 10.5. The molecule has 2 amide bonds. The smallest absolute Gasteiger partial charge is 0.234 e. The molecule has 7 nitrogen and oxygen atoms in total. The predicted octanol–water partition coefficient (Wildman–Crippen LogP) is 3.23. The van der Waals surface area contributed by atoms with Crippen LogP contribution in [-0.2, 0) is 9.59 Å². The quantitative estimate of drug-likeness (QED) is 0.566. The average Bonchev–Trinajstić information content (AvgIpc) is 3.20. The van der Waals surface area contributed by atoms with Gasteiger partial charge in [-0.2, -0.15) is 5.10 Å². The van der Waals surface area contributed by atoms with E-state index >= 15 is 0 Å².